The summed E-state index contributed by atoms with van der Waals surface area (Å²) in [7, 11) is 5.49. The molecule has 0 bridgehead atoms. The first-order valence-electron chi connectivity index (χ1n) is 11.6. The number of halogens is 3. The van der Waals surface area contributed by atoms with Gasteiger partial charge in [-0.3, -0.25) is 0 Å². The minimum atomic E-state index is 0. The van der Waals surface area contributed by atoms with Crippen molar-refractivity contribution < 1.29 is 80.9 Å². The predicted octanol–water partition coefficient (Wildman–Crippen LogP) is -3.66. The van der Waals surface area contributed by atoms with E-state index in [-0.39, 0.29) is 71.9 Å². The predicted molar refractivity (Wildman–Crippen MR) is 124 cm³/mol. The maximum absolute atomic E-state index is 2.50. The molecule has 0 unspecified atom stereocenters. The molecular weight excluding hydrogens is 717 g/mol. The fourth-order valence-corrected chi connectivity index (χ4v) is 5.17. The summed E-state index contributed by atoms with van der Waals surface area (Å²) < 4.78 is 2.51. The first kappa shape index (κ1) is 38.7. The number of hydrogen-bond donors (Lipinski definition) is 0. The highest BCUT2D eigenvalue weighted by Crippen LogP contribution is 2.11. The molecule has 0 fully saturated rings. The molecule has 0 aromatic rings. The van der Waals surface area contributed by atoms with Crippen molar-refractivity contribution >= 4 is 10.9 Å². The third-order valence-corrected chi connectivity index (χ3v) is 8.91. The summed E-state index contributed by atoms with van der Waals surface area (Å²) in [6.45, 7) is 17.2. The SMILES string of the molecule is CC[N+](C)(CC)CCCCCC[S+](C)CCCCCC[N+](C)(CC)CC.[I-].[I-].[I-]. The van der Waals surface area contributed by atoms with Crippen LogP contribution in [0.1, 0.15) is 79.1 Å². The Kier molecular flexibility index (Phi) is 31.5. The van der Waals surface area contributed by atoms with Crippen LogP contribution in [0.4, 0.5) is 0 Å². The Morgan fingerprint density at radius 2 is 0.759 bits per heavy atom. The van der Waals surface area contributed by atoms with E-state index in [4.69, 9.17) is 0 Å². The summed E-state index contributed by atoms with van der Waals surface area (Å²) in [5.74, 6) is 2.96. The number of hydrogen-bond acceptors (Lipinski definition) is 0. The Balaban J connectivity index is -0.00000104. The van der Waals surface area contributed by atoms with Gasteiger partial charge < -0.3 is 80.9 Å². The number of nitrogens with zero attached hydrogens (tertiary/aromatic N) is 2. The van der Waals surface area contributed by atoms with Crippen molar-refractivity contribution in [3.05, 3.63) is 0 Å². The van der Waals surface area contributed by atoms with Gasteiger partial charge in [-0.1, -0.05) is 0 Å². The topological polar surface area (TPSA) is 0 Å². The van der Waals surface area contributed by atoms with Crippen molar-refractivity contribution in [2.24, 2.45) is 0 Å². The molecule has 0 aromatic carbocycles. The average molecular weight is 770 g/mol. The molecule has 182 valence electrons. The minimum Gasteiger partial charge on any atom is -1.00 e. The van der Waals surface area contributed by atoms with E-state index in [2.05, 4.69) is 48.0 Å². The highest BCUT2D eigenvalue weighted by Gasteiger charge is 2.16. The normalized spacial score (nSPS) is 11.6. The van der Waals surface area contributed by atoms with Crippen molar-refractivity contribution in [2.45, 2.75) is 79.1 Å². The van der Waals surface area contributed by atoms with Crippen LogP contribution >= 0.6 is 0 Å². The summed E-state index contributed by atoms with van der Waals surface area (Å²) in [4.78, 5) is 0. The van der Waals surface area contributed by atoms with Crippen LogP contribution in [0, 0.1) is 0 Å². The van der Waals surface area contributed by atoms with Gasteiger partial charge in [0.2, 0.25) is 0 Å². The Morgan fingerprint density at radius 3 is 1.03 bits per heavy atom. The molecule has 0 aliphatic rings. The second-order valence-electron chi connectivity index (χ2n) is 8.97. The lowest BCUT2D eigenvalue weighted by Crippen LogP contribution is -3.00. The van der Waals surface area contributed by atoms with Gasteiger partial charge in [-0.15, -0.1) is 0 Å². The second kappa shape index (κ2) is 23.6. The van der Waals surface area contributed by atoms with Gasteiger partial charge in [0.1, 0.15) is 11.5 Å². The lowest BCUT2D eigenvalue weighted by atomic mass is 10.2. The first-order chi connectivity index (χ1) is 12.3. The Hall–Kier alpha value is 2.46. The van der Waals surface area contributed by atoms with Crippen molar-refractivity contribution in [1.29, 1.82) is 0 Å². The van der Waals surface area contributed by atoms with E-state index in [0.29, 0.717) is 10.9 Å². The molecule has 2 nitrogen and oxygen atoms in total. The van der Waals surface area contributed by atoms with Gasteiger partial charge in [0.25, 0.3) is 0 Å². The van der Waals surface area contributed by atoms with Crippen LogP contribution in [0.2, 0.25) is 0 Å². The van der Waals surface area contributed by atoms with Crippen LogP contribution in [0.3, 0.4) is 0 Å². The Labute approximate surface area is 239 Å². The molecule has 0 saturated carbocycles. The Bertz CT molecular complexity index is 295. The van der Waals surface area contributed by atoms with Crippen molar-refractivity contribution in [3.8, 4) is 0 Å². The van der Waals surface area contributed by atoms with Crippen LogP contribution < -0.4 is 71.9 Å². The fourth-order valence-electron chi connectivity index (χ4n) is 3.57. The molecule has 0 aliphatic heterocycles. The van der Waals surface area contributed by atoms with Gasteiger partial charge in [-0.25, -0.2) is 0 Å². The third-order valence-electron chi connectivity index (χ3n) is 6.94. The van der Waals surface area contributed by atoms with E-state index in [9.17, 15) is 0 Å². The van der Waals surface area contributed by atoms with Crippen molar-refractivity contribution in [3.63, 3.8) is 0 Å². The molecule has 0 rings (SSSR count). The monoisotopic (exact) mass is 770 g/mol. The summed E-state index contributed by atoms with van der Waals surface area (Å²) in [6.07, 6.45) is 14.1. The van der Waals surface area contributed by atoms with Crippen LogP contribution in [0.25, 0.3) is 0 Å². The molecule has 0 radical (unpaired) electrons. The molecule has 0 saturated heterocycles. The van der Waals surface area contributed by atoms with Crippen LogP contribution in [-0.2, 0) is 10.9 Å². The van der Waals surface area contributed by atoms with Crippen LogP contribution in [0.5, 0.6) is 0 Å². The highest BCUT2D eigenvalue weighted by molar-refractivity contribution is 7.96. The largest absolute Gasteiger partial charge is 1.00 e. The molecule has 0 spiro atoms. The zero-order valence-electron chi connectivity index (χ0n) is 20.8. The van der Waals surface area contributed by atoms with E-state index in [0.717, 1.165) is 0 Å². The van der Waals surface area contributed by atoms with Crippen LogP contribution in [-0.4, -0.2) is 80.1 Å². The highest BCUT2D eigenvalue weighted by atomic mass is 127. The molecular formula is C23H53I3N2S. The molecule has 0 heterocycles. The number of rotatable bonds is 18. The van der Waals surface area contributed by atoms with Gasteiger partial charge in [-0.05, 0) is 90.0 Å². The van der Waals surface area contributed by atoms with E-state index in [1.165, 1.54) is 111 Å². The lowest BCUT2D eigenvalue weighted by molar-refractivity contribution is -0.906. The average Bonchev–Trinajstić information content (AvgIpc) is 2.66. The van der Waals surface area contributed by atoms with Crippen molar-refractivity contribution in [1.82, 2.24) is 0 Å². The van der Waals surface area contributed by atoms with Crippen molar-refractivity contribution in [2.75, 3.05) is 71.1 Å². The number of unbranched alkanes of at least 4 members (excludes halogenated alkanes) is 6. The minimum absolute atomic E-state index is 0. The molecule has 0 aromatic heterocycles. The molecule has 6 heteroatoms. The molecule has 0 aliphatic carbocycles. The second-order valence-corrected chi connectivity index (χ2v) is 11.3. The standard InChI is InChI=1S/C23H53N2S.3HI/c1-8-24(5,9-2)20-16-12-14-18-22-26(7)23-19-15-13-17-21-25(6,10-3)11-4;;;/h8-23H2,1-7H3;3*1H/q+3;;;/p-3. The van der Waals surface area contributed by atoms with Gasteiger partial charge in [-0.2, -0.15) is 0 Å². The molecule has 0 N–H and O–H groups in total. The van der Waals surface area contributed by atoms with E-state index in [1.54, 1.807) is 0 Å². The lowest BCUT2D eigenvalue weighted by Gasteiger charge is -2.32. The summed E-state index contributed by atoms with van der Waals surface area (Å²) in [5, 5.41) is 0. The zero-order chi connectivity index (χ0) is 19.9. The van der Waals surface area contributed by atoms with E-state index >= 15 is 0 Å². The molecule has 29 heavy (non-hydrogen) atoms. The molecule has 0 amide bonds. The zero-order valence-corrected chi connectivity index (χ0v) is 28.0. The maximum atomic E-state index is 2.50. The fraction of sp³-hybridized carbons (Fsp3) is 1.00. The number of quaternary nitrogens is 2. The molecule has 0 atom stereocenters. The quantitative estimate of drug-likeness (QED) is 0.0585. The summed E-state index contributed by atoms with van der Waals surface area (Å²) in [6, 6.07) is 0. The van der Waals surface area contributed by atoms with Crippen LogP contribution in [0.15, 0.2) is 0 Å². The van der Waals surface area contributed by atoms with Gasteiger partial charge in [0.05, 0.1) is 59.6 Å². The van der Waals surface area contributed by atoms with E-state index in [1.807, 2.05) is 0 Å². The third kappa shape index (κ3) is 20.8. The van der Waals surface area contributed by atoms with E-state index < -0.39 is 0 Å². The summed E-state index contributed by atoms with van der Waals surface area (Å²) in [5.41, 5.74) is 0. The van der Waals surface area contributed by atoms with Gasteiger partial charge in [0.15, 0.2) is 0 Å². The Morgan fingerprint density at radius 1 is 0.483 bits per heavy atom. The maximum Gasteiger partial charge on any atom is 0.107 e. The summed E-state index contributed by atoms with van der Waals surface area (Å²) >= 11 is 0. The van der Waals surface area contributed by atoms with Gasteiger partial charge in [0, 0.05) is 0 Å². The smallest absolute Gasteiger partial charge is 0.107 e. The van der Waals surface area contributed by atoms with Gasteiger partial charge >= 0.3 is 0 Å². The first-order valence-corrected chi connectivity index (χ1v) is 13.6.